The van der Waals surface area contributed by atoms with Crippen molar-refractivity contribution in [1.82, 2.24) is 25.3 Å². The molecule has 65 heavy (non-hydrogen) atoms. The summed E-state index contributed by atoms with van der Waals surface area (Å²) in [5.41, 5.74) is -2.31. The van der Waals surface area contributed by atoms with Crippen LogP contribution >= 0.6 is 0 Å². The predicted octanol–water partition coefficient (Wildman–Crippen LogP) is 8.46. The SMILES string of the molecule is C=Cc1cc([C@H](NC(=O)[C@@H](NC(=O)OC(C)(C)C)C(C)(C)C)C(=O)Nc2ccccc2C(=O)NS(=O)(=O)c2ccc(C(F)(F)F)cc2)ccc1Oc1cc(OC)nc(-c2ccccc2)n1. The quantitative estimate of drug-likeness (QED) is 0.0832. The molecule has 342 valence electrons. The first kappa shape index (κ1) is 48.7. The summed E-state index contributed by atoms with van der Waals surface area (Å²) < 4.78 is 84.4. The van der Waals surface area contributed by atoms with Gasteiger partial charge in [-0.3, -0.25) is 14.4 Å². The number of nitrogens with one attached hydrogen (secondary N) is 4. The number of carbonyl (C=O) groups is 4. The van der Waals surface area contributed by atoms with E-state index in [1.54, 1.807) is 41.5 Å². The van der Waals surface area contributed by atoms with Crippen LogP contribution in [-0.4, -0.2) is 61.0 Å². The number of halogens is 3. The molecule has 4 amide bonds. The molecule has 15 nitrogen and oxygen atoms in total. The highest BCUT2D eigenvalue weighted by Gasteiger charge is 2.37. The Morgan fingerprint density at radius 1 is 0.769 bits per heavy atom. The van der Waals surface area contributed by atoms with E-state index in [9.17, 15) is 40.8 Å². The van der Waals surface area contributed by atoms with E-state index in [1.807, 2.05) is 35.1 Å². The van der Waals surface area contributed by atoms with Gasteiger partial charge in [0.25, 0.3) is 21.8 Å². The second kappa shape index (κ2) is 19.6. The maximum atomic E-state index is 14.5. The van der Waals surface area contributed by atoms with Crippen molar-refractivity contribution in [3.8, 4) is 28.9 Å². The number of amides is 4. The molecule has 1 heterocycles. The zero-order valence-corrected chi connectivity index (χ0v) is 37.2. The Bertz CT molecular complexity index is 2680. The van der Waals surface area contributed by atoms with Crippen LogP contribution < -0.4 is 30.1 Å². The molecule has 0 aliphatic rings. The van der Waals surface area contributed by atoms with E-state index in [0.717, 1.165) is 0 Å². The zero-order chi connectivity index (χ0) is 47.9. The Hall–Kier alpha value is -7.28. The minimum Gasteiger partial charge on any atom is -0.481 e. The van der Waals surface area contributed by atoms with Gasteiger partial charge >= 0.3 is 12.3 Å². The summed E-state index contributed by atoms with van der Waals surface area (Å²) in [5, 5.41) is 7.87. The Morgan fingerprint density at radius 3 is 2.00 bits per heavy atom. The van der Waals surface area contributed by atoms with Crippen molar-refractivity contribution in [2.75, 3.05) is 12.4 Å². The van der Waals surface area contributed by atoms with Gasteiger partial charge in [0.15, 0.2) is 5.82 Å². The average molecular weight is 917 g/mol. The molecule has 0 fully saturated rings. The molecule has 0 unspecified atom stereocenters. The van der Waals surface area contributed by atoms with Crippen LogP contribution in [0.2, 0.25) is 0 Å². The second-order valence-electron chi connectivity index (χ2n) is 16.4. The standard InChI is InChI=1S/C46H47F3N6O9S/c1-9-27-25-29(19-24-34(27)63-36-26-35(62-8)51-39(52-36)28-15-11-10-12-16-28)37(53-42(58)38(44(2,3)4)54-43(59)64-45(5,6)7)41(57)50-33-18-14-13-17-32(33)40(56)55-65(60,61)31-22-20-30(21-23-31)46(47,48)49/h9-26,37-38H,1H2,2-8H3,(H,50,57)(H,53,58)(H,54,59)(H,55,56)/t37-,38+/m0/s1. The highest BCUT2D eigenvalue weighted by molar-refractivity contribution is 7.90. The first-order chi connectivity index (χ1) is 30.4. The van der Waals surface area contributed by atoms with Crippen molar-refractivity contribution >= 4 is 45.6 Å². The molecular formula is C46H47F3N6O9S. The first-order valence-corrected chi connectivity index (χ1v) is 21.2. The topological polar surface area (TPSA) is 204 Å². The van der Waals surface area contributed by atoms with E-state index in [-0.39, 0.29) is 34.3 Å². The van der Waals surface area contributed by atoms with Gasteiger partial charge in [-0.25, -0.2) is 17.9 Å². The van der Waals surface area contributed by atoms with E-state index in [1.165, 1.54) is 61.7 Å². The van der Waals surface area contributed by atoms with Crippen molar-refractivity contribution < 1.29 is 55.0 Å². The number of rotatable bonds is 14. The van der Waals surface area contributed by atoms with E-state index < -0.39 is 73.6 Å². The number of ether oxygens (including phenoxy) is 3. The van der Waals surface area contributed by atoms with Crippen LogP contribution in [0.25, 0.3) is 17.5 Å². The lowest BCUT2D eigenvalue weighted by molar-refractivity contribution is -0.137. The number of methoxy groups -OCH3 is 1. The Balaban J connectivity index is 1.51. The number of hydrogen-bond donors (Lipinski definition) is 4. The van der Waals surface area contributed by atoms with Gasteiger partial charge in [-0.15, -0.1) is 0 Å². The largest absolute Gasteiger partial charge is 0.481 e. The summed E-state index contributed by atoms with van der Waals surface area (Å²) in [4.78, 5) is 63.5. The lowest BCUT2D eigenvalue weighted by atomic mass is 9.86. The van der Waals surface area contributed by atoms with Gasteiger partial charge in [-0.05, 0) is 80.3 Å². The van der Waals surface area contributed by atoms with Crippen molar-refractivity contribution in [3.63, 3.8) is 0 Å². The van der Waals surface area contributed by atoms with Crippen LogP contribution in [-0.2, 0) is 30.5 Å². The number of anilines is 1. The van der Waals surface area contributed by atoms with Gasteiger partial charge in [0.05, 0.1) is 34.9 Å². The van der Waals surface area contributed by atoms with Crippen LogP contribution in [0.1, 0.15) is 74.6 Å². The predicted molar refractivity (Wildman–Crippen MR) is 235 cm³/mol. The normalized spacial score (nSPS) is 12.8. The number of para-hydroxylation sites is 1. The Morgan fingerprint density at radius 2 is 1.40 bits per heavy atom. The summed E-state index contributed by atoms with van der Waals surface area (Å²) in [6, 6.07) is 20.0. The van der Waals surface area contributed by atoms with Gasteiger partial charge in [-0.1, -0.05) is 82.0 Å². The van der Waals surface area contributed by atoms with Crippen LogP contribution in [0.4, 0.5) is 23.7 Å². The zero-order valence-electron chi connectivity index (χ0n) is 36.4. The smallest absolute Gasteiger partial charge is 0.416 e. The lowest BCUT2D eigenvalue weighted by Gasteiger charge is -2.32. The number of sulfonamides is 1. The molecule has 5 aromatic rings. The fourth-order valence-corrected chi connectivity index (χ4v) is 7.04. The van der Waals surface area contributed by atoms with Crippen LogP contribution in [0.15, 0.2) is 115 Å². The molecule has 0 radical (unpaired) electrons. The Labute approximate surface area is 373 Å². The van der Waals surface area contributed by atoms with Crippen LogP contribution in [0.3, 0.4) is 0 Å². The number of nitrogens with zero attached hydrogens (tertiary/aromatic N) is 2. The molecular weight excluding hydrogens is 870 g/mol. The second-order valence-corrected chi connectivity index (χ2v) is 18.1. The van der Waals surface area contributed by atoms with Gasteiger partial charge in [0.1, 0.15) is 23.4 Å². The molecule has 0 spiro atoms. The minimum atomic E-state index is -4.73. The molecule has 4 aromatic carbocycles. The molecule has 0 saturated carbocycles. The maximum absolute atomic E-state index is 14.5. The summed E-state index contributed by atoms with van der Waals surface area (Å²) in [6.45, 7) is 13.9. The minimum absolute atomic E-state index is 0.102. The number of hydrogen-bond acceptors (Lipinski definition) is 11. The third-order valence-corrected chi connectivity index (χ3v) is 10.6. The molecule has 0 saturated heterocycles. The van der Waals surface area contributed by atoms with E-state index >= 15 is 0 Å². The average Bonchev–Trinajstić information content (AvgIpc) is 3.23. The molecule has 1 aromatic heterocycles. The molecule has 0 aliphatic heterocycles. The highest BCUT2D eigenvalue weighted by Crippen LogP contribution is 2.33. The van der Waals surface area contributed by atoms with E-state index in [0.29, 0.717) is 41.2 Å². The third kappa shape index (κ3) is 12.9. The maximum Gasteiger partial charge on any atom is 0.416 e. The lowest BCUT2D eigenvalue weighted by Crippen LogP contribution is -2.55. The number of alkyl halides is 3. The monoisotopic (exact) mass is 916 g/mol. The first-order valence-electron chi connectivity index (χ1n) is 19.8. The fourth-order valence-electron chi connectivity index (χ4n) is 6.07. The molecule has 5 rings (SSSR count). The van der Waals surface area contributed by atoms with Crippen molar-refractivity contribution in [2.45, 2.75) is 70.3 Å². The summed E-state index contributed by atoms with van der Waals surface area (Å²) >= 11 is 0. The fraction of sp³-hybridized carbons (Fsp3) is 0.261. The summed E-state index contributed by atoms with van der Waals surface area (Å²) in [7, 11) is -3.27. The summed E-state index contributed by atoms with van der Waals surface area (Å²) in [5.74, 6) is -2.11. The van der Waals surface area contributed by atoms with Gasteiger partial charge in [0, 0.05) is 11.1 Å². The highest BCUT2D eigenvalue weighted by atomic mass is 32.2. The van der Waals surface area contributed by atoms with E-state index in [2.05, 4.69) is 32.5 Å². The Kier molecular flexibility index (Phi) is 14.7. The number of carbonyl (C=O) groups excluding carboxylic acids is 4. The van der Waals surface area contributed by atoms with Crippen molar-refractivity contribution in [1.29, 1.82) is 0 Å². The van der Waals surface area contributed by atoms with Crippen LogP contribution in [0, 0.1) is 5.41 Å². The molecule has 4 N–H and O–H groups in total. The number of alkyl carbamates (subject to hydrolysis) is 1. The molecule has 0 bridgehead atoms. The number of aromatic nitrogens is 2. The van der Waals surface area contributed by atoms with E-state index in [4.69, 9.17) is 14.2 Å². The molecule has 0 aliphatic carbocycles. The third-order valence-electron chi connectivity index (χ3n) is 9.21. The van der Waals surface area contributed by atoms with Gasteiger partial charge in [-0.2, -0.15) is 23.1 Å². The van der Waals surface area contributed by atoms with Crippen LogP contribution in [0.5, 0.6) is 17.5 Å². The van der Waals surface area contributed by atoms with Crippen molar-refractivity contribution in [3.05, 3.63) is 132 Å². The van der Waals surface area contributed by atoms with Gasteiger partial charge < -0.3 is 30.2 Å². The van der Waals surface area contributed by atoms with Gasteiger partial charge in [0.2, 0.25) is 17.7 Å². The number of benzene rings is 4. The summed E-state index contributed by atoms with van der Waals surface area (Å²) in [6.07, 6.45) is -4.19. The van der Waals surface area contributed by atoms with Crippen molar-refractivity contribution in [2.24, 2.45) is 5.41 Å². The molecule has 19 heteroatoms. The molecule has 2 atom stereocenters.